The van der Waals surface area contributed by atoms with E-state index in [1.165, 1.54) is 257 Å². The molecule has 816 valence electrons. The van der Waals surface area contributed by atoms with Gasteiger partial charge in [-0.3, -0.25) is 39.0 Å². The third-order valence-corrected chi connectivity index (χ3v) is 38.2. The van der Waals surface area contributed by atoms with Crippen molar-refractivity contribution in [1.82, 2.24) is 29.4 Å². The summed E-state index contributed by atoms with van der Waals surface area (Å²) >= 11 is 0. The van der Waals surface area contributed by atoms with Gasteiger partial charge in [-0.05, 0) is 272 Å². The number of carbonyl (C=O) groups excluding carboxylic acids is 2. The predicted octanol–water partition coefficient (Wildman–Crippen LogP) is 21.9. The molecule has 8 aliphatic carbocycles. The Bertz CT molecular complexity index is 2930. The Morgan fingerprint density at radius 3 is 0.729 bits per heavy atom. The summed E-state index contributed by atoms with van der Waals surface area (Å²) in [5, 5.41) is 0. The first-order chi connectivity index (χ1) is 68.3. The van der Waals surface area contributed by atoms with Crippen LogP contribution in [0.1, 0.15) is 352 Å². The van der Waals surface area contributed by atoms with E-state index in [4.69, 9.17) is 66.3 Å². The lowest BCUT2D eigenvalue weighted by Crippen LogP contribution is -2.54. The number of hydrogen-bond acceptors (Lipinski definition) is 22. The fraction of sp³-hybridized carbons (Fsp3) is 0.983. The van der Waals surface area contributed by atoms with Crippen molar-refractivity contribution in [3.8, 4) is 0 Å². The van der Waals surface area contributed by atoms with E-state index in [2.05, 4.69) is 98.6 Å². The number of hydrogen-bond donors (Lipinski definition) is 0. The molecular formula is C118H218N6O16. The molecule has 4 unspecified atom stereocenters. The normalized spacial score (nSPS) is 32.9. The third kappa shape index (κ3) is 41.1. The molecule has 140 heavy (non-hydrogen) atoms. The molecule has 22 heteroatoms. The first-order valence-corrected chi connectivity index (χ1v) is 60.0. The molecule has 0 spiro atoms. The maximum atomic E-state index is 13.7. The highest BCUT2D eigenvalue weighted by molar-refractivity contribution is 5.72. The molecule has 8 saturated carbocycles. The SMILES string of the molecule is CC(C)CCC[C@@H](C)[C@H]1CC[C@H]2[C@@H]3CCC4CC(OC(=O)CN5CCOCCOCCN(CCCCCCCCCCCCN6CCOCCOCCN(CCCCCCCCCCCCN7CCOCCOCCN(CC(=O)OC8CC[C@@]9(C)C(CC[C@H]%10[C@@H]%11CC[C@H]([C@H](C)CCCC(C)C)[C@@]%11(C)CC[C@@H]%109)C8)CCOCCOCC7)CCOCCOCC6)CCOCCOCC5)CC[C@]4(C)[C@H]3CC[C@]12C. The van der Waals surface area contributed by atoms with Crippen molar-refractivity contribution < 1.29 is 75.9 Å². The molecule has 0 aromatic rings. The van der Waals surface area contributed by atoms with Gasteiger partial charge in [0.05, 0.1) is 172 Å². The van der Waals surface area contributed by atoms with Crippen molar-refractivity contribution in [2.24, 2.45) is 105 Å². The average Bonchev–Trinajstić information content (AvgIpc) is 1.40. The minimum Gasteiger partial charge on any atom is -0.461 e. The van der Waals surface area contributed by atoms with Gasteiger partial charge in [-0.1, -0.05) is 210 Å². The van der Waals surface area contributed by atoms with E-state index < -0.39 is 0 Å². The molecule has 0 bridgehead atoms. The Hall–Kier alpha value is -1.78. The molecule has 3 saturated heterocycles. The Morgan fingerprint density at radius 2 is 0.479 bits per heavy atom. The predicted molar refractivity (Wildman–Crippen MR) is 567 cm³/mol. The highest BCUT2D eigenvalue weighted by atomic mass is 16.6. The maximum absolute atomic E-state index is 13.7. The lowest BCUT2D eigenvalue weighted by Gasteiger charge is -2.61. The molecule has 11 aliphatic rings. The number of rotatable bonds is 42. The number of esters is 2. The van der Waals surface area contributed by atoms with E-state index in [0.717, 1.165) is 202 Å². The number of fused-ring (bicyclic) bond motifs is 10. The lowest BCUT2D eigenvalue weighted by molar-refractivity contribution is -0.164. The van der Waals surface area contributed by atoms with Gasteiger partial charge in [0.15, 0.2) is 0 Å². The smallest absolute Gasteiger partial charge is 0.320 e. The van der Waals surface area contributed by atoms with Crippen molar-refractivity contribution in [2.75, 3.05) is 276 Å². The van der Waals surface area contributed by atoms with Crippen molar-refractivity contribution in [3.05, 3.63) is 0 Å². The van der Waals surface area contributed by atoms with Crippen LogP contribution in [0.2, 0.25) is 0 Å². The van der Waals surface area contributed by atoms with Crippen LogP contribution in [-0.2, 0) is 75.9 Å². The van der Waals surface area contributed by atoms with Crippen molar-refractivity contribution >= 4 is 11.9 Å². The van der Waals surface area contributed by atoms with E-state index in [1.807, 2.05) is 0 Å². The standard InChI is InChI=1S/C118H218N6O16/c1-97(2)33-31-35-99(5)107-41-43-109-105-39-37-101-93-103(45-49-115(101,7)111(105)47-51-117(107,109)9)139-113(125)95-123-65-77-135-89-85-131-73-61-121(62-74-132-86-90-136-78-66-123)55-29-25-21-17-13-11-15-19-23-27-53-119-57-69-127-81-83-129-71-59-120(60-72-130-84-82-128-70-58-119)54-28-24-20-16-12-14-18-22-26-30-56-122-63-75-133-87-91-137-79-67-124(68-80-138-92-88-134-76-64-122)96-114(126)140-104-46-50-116(8)102(94-104)38-40-106-110-44-42-108(100(6)36-32-34-98(3)4)118(110,10)52-48-112(106)116/h97-112H,11-96H2,1-10H3/t99-,100-,101?,102?,103?,104?,105+,106+,107-,108-,109+,110+,111+,112+,115+,116+,117-,118-/m1/s1. The van der Waals surface area contributed by atoms with Crippen molar-refractivity contribution in [1.29, 1.82) is 0 Å². The van der Waals surface area contributed by atoms with Crippen LogP contribution in [0, 0.1) is 105 Å². The Kier molecular flexibility index (Phi) is 57.1. The fourth-order valence-electron chi connectivity index (χ4n) is 29.8. The fourth-order valence-corrected chi connectivity index (χ4v) is 29.8. The summed E-state index contributed by atoms with van der Waals surface area (Å²) in [5.74, 6) is 11.5. The molecular weight excluding hydrogens is 1760 g/mol. The molecule has 11 fully saturated rings. The van der Waals surface area contributed by atoms with E-state index in [0.29, 0.717) is 192 Å². The van der Waals surface area contributed by atoms with Crippen LogP contribution in [0.25, 0.3) is 0 Å². The zero-order valence-electron chi connectivity index (χ0n) is 92.3. The number of carbonyl (C=O) groups is 2. The topological polar surface area (TPSA) is 183 Å². The summed E-state index contributed by atoms with van der Waals surface area (Å²) in [7, 11) is 0. The third-order valence-electron chi connectivity index (χ3n) is 38.2. The Balaban J connectivity index is 0.442. The minimum atomic E-state index is -0.0995. The first kappa shape index (κ1) is 118. The molecule has 3 aliphatic heterocycles. The second-order valence-electron chi connectivity index (χ2n) is 48.5. The van der Waals surface area contributed by atoms with Gasteiger partial charge < -0.3 is 66.3 Å². The zero-order valence-corrected chi connectivity index (χ0v) is 92.3. The summed E-state index contributed by atoms with van der Waals surface area (Å²) in [6, 6.07) is 0. The number of ether oxygens (including phenoxy) is 14. The Labute approximate surface area is 857 Å². The van der Waals surface area contributed by atoms with Crippen LogP contribution in [0.3, 0.4) is 0 Å². The minimum absolute atomic E-state index is 0.0276. The summed E-state index contributed by atoms with van der Waals surface area (Å²) in [5.41, 5.74) is 1.80. The van der Waals surface area contributed by atoms with E-state index >= 15 is 0 Å². The van der Waals surface area contributed by atoms with Gasteiger partial charge in [0.2, 0.25) is 0 Å². The Morgan fingerprint density at radius 1 is 0.250 bits per heavy atom. The molecule has 0 aromatic carbocycles. The van der Waals surface area contributed by atoms with Gasteiger partial charge in [0.1, 0.15) is 12.2 Å². The monoisotopic (exact) mass is 1980 g/mol. The molecule has 3 heterocycles. The van der Waals surface area contributed by atoms with Gasteiger partial charge in [-0.2, -0.15) is 0 Å². The summed E-state index contributed by atoms with van der Waals surface area (Å²) in [6.07, 6.45) is 57.4. The molecule has 18 atom stereocenters. The summed E-state index contributed by atoms with van der Waals surface area (Å²) in [4.78, 5) is 41.8. The number of unbranched alkanes of at least 4 members (excludes halogenated alkanes) is 18. The van der Waals surface area contributed by atoms with Gasteiger partial charge in [0, 0.05) is 78.5 Å². The highest BCUT2D eigenvalue weighted by Gasteiger charge is 2.63. The van der Waals surface area contributed by atoms with Gasteiger partial charge in [-0.15, -0.1) is 0 Å². The molecule has 22 nitrogen and oxygen atoms in total. The van der Waals surface area contributed by atoms with Gasteiger partial charge in [-0.25, -0.2) is 0 Å². The van der Waals surface area contributed by atoms with Gasteiger partial charge >= 0.3 is 11.9 Å². The van der Waals surface area contributed by atoms with Gasteiger partial charge in [0.25, 0.3) is 0 Å². The van der Waals surface area contributed by atoms with Crippen LogP contribution >= 0.6 is 0 Å². The molecule has 0 radical (unpaired) electrons. The van der Waals surface area contributed by atoms with E-state index in [9.17, 15) is 9.59 Å². The van der Waals surface area contributed by atoms with Crippen LogP contribution in [0.15, 0.2) is 0 Å². The maximum Gasteiger partial charge on any atom is 0.320 e. The quantitative estimate of drug-likeness (QED) is 0.0415. The molecule has 0 amide bonds. The number of nitrogens with zero attached hydrogens (tertiary/aromatic N) is 6. The largest absolute Gasteiger partial charge is 0.461 e. The zero-order chi connectivity index (χ0) is 98.6. The van der Waals surface area contributed by atoms with Crippen molar-refractivity contribution in [3.63, 3.8) is 0 Å². The highest BCUT2D eigenvalue weighted by Crippen LogP contribution is 2.71. The molecule has 11 rings (SSSR count). The van der Waals surface area contributed by atoms with E-state index in [-0.39, 0.29) is 37.2 Å². The van der Waals surface area contributed by atoms with Crippen molar-refractivity contribution in [2.45, 2.75) is 364 Å². The lowest BCUT2D eigenvalue weighted by atomic mass is 9.44. The first-order valence-electron chi connectivity index (χ1n) is 60.0. The second-order valence-corrected chi connectivity index (χ2v) is 48.5. The van der Waals surface area contributed by atoms with Crippen LogP contribution in [0.4, 0.5) is 0 Å². The second kappa shape index (κ2) is 67.5. The van der Waals surface area contributed by atoms with Crippen LogP contribution in [0.5, 0.6) is 0 Å². The van der Waals surface area contributed by atoms with Crippen LogP contribution in [-0.4, -0.2) is 330 Å². The molecule has 0 aromatic heterocycles. The summed E-state index contributed by atoms with van der Waals surface area (Å²) in [6.45, 7) is 55.0. The average molecular weight is 1980 g/mol. The summed E-state index contributed by atoms with van der Waals surface area (Å²) < 4.78 is 86.1. The van der Waals surface area contributed by atoms with Crippen LogP contribution < -0.4 is 0 Å². The van der Waals surface area contributed by atoms with E-state index in [1.54, 1.807) is 0 Å². The molecule has 0 N–H and O–H groups in total.